The first kappa shape index (κ1) is 37.0. The summed E-state index contributed by atoms with van der Waals surface area (Å²) in [5.74, 6) is -3.21. The molecule has 6 heterocycles. The molecule has 15 nitrogen and oxygen atoms in total. The van der Waals surface area contributed by atoms with Crippen LogP contribution in [0.3, 0.4) is 0 Å². The minimum Gasteiger partial charge on any atom is -0.480 e. The Morgan fingerprint density at radius 3 is 2.46 bits per heavy atom. The molecule has 1 atom stereocenters. The summed E-state index contributed by atoms with van der Waals surface area (Å²) in [7, 11) is 0. The second-order valence-corrected chi connectivity index (χ2v) is 14.3. The molecule has 0 radical (unpaired) electrons. The summed E-state index contributed by atoms with van der Waals surface area (Å²) >= 11 is 0. The number of fused-ring (bicyclic) bond motifs is 5. The zero-order chi connectivity index (χ0) is 38.1. The number of nitrogens with one attached hydrogen (secondary N) is 1. The van der Waals surface area contributed by atoms with Crippen LogP contribution in [0.4, 0.5) is 4.79 Å². The van der Waals surface area contributed by atoms with E-state index >= 15 is 0 Å². The van der Waals surface area contributed by atoms with E-state index in [-0.39, 0.29) is 43.2 Å². The molecule has 2 saturated heterocycles. The number of cyclic esters (lactones) is 1. The number of carboxylic acids is 1. The number of hydrogen-bond acceptors (Lipinski definition) is 11. The fourth-order valence-electron chi connectivity index (χ4n) is 8.35. The van der Waals surface area contributed by atoms with Gasteiger partial charge < -0.3 is 39.0 Å². The summed E-state index contributed by atoms with van der Waals surface area (Å²) in [4.78, 5) is 85.8. The fraction of sp³-hybridized carbons (Fsp3) is 0.513. The third-order valence-corrected chi connectivity index (χ3v) is 11.2. The molecule has 1 aromatic carbocycles. The fourth-order valence-corrected chi connectivity index (χ4v) is 8.35. The van der Waals surface area contributed by atoms with Gasteiger partial charge >= 0.3 is 24.0 Å². The van der Waals surface area contributed by atoms with Gasteiger partial charge in [-0.1, -0.05) is 20.3 Å². The molecule has 3 aromatic rings. The Morgan fingerprint density at radius 2 is 1.76 bits per heavy atom. The maximum Gasteiger partial charge on any atom is 0.415 e. The molecule has 15 heteroatoms. The van der Waals surface area contributed by atoms with Gasteiger partial charge in [0.25, 0.3) is 5.56 Å². The number of ether oxygens (including phenoxy) is 3. The van der Waals surface area contributed by atoms with E-state index in [1.54, 1.807) is 34.6 Å². The van der Waals surface area contributed by atoms with E-state index in [2.05, 4.69) is 10.2 Å². The number of rotatable bonds is 10. The van der Waals surface area contributed by atoms with Crippen LogP contribution in [0.25, 0.3) is 22.3 Å². The predicted molar refractivity (Wildman–Crippen MR) is 194 cm³/mol. The second-order valence-electron chi connectivity index (χ2n) is 14.3. The quantitative estimate of drug-likeness (QED) is 0.225. The lowest BCUT2D eigenvalue weighted by molar-refractivity contribution is -0.189. The van der Waals surface area contributed by atoms with Gasteiger partial charge in [-0.2, -0.15) is 0 Å². The van der Waals surface area contributed by atoms with Crippen molar-refractivity contribution in [3.05, 3.63) is 56.9 Å². The van der Waals surface area contributed by atoms with Gasteiger partial charge in [0.1, 0.15) is 18.9 Å². The van der Waals surface area contributed by atoms with Crippen LogP contribution in [-0.2, 0) is 53.8 Å². The molecule has 0 aliphatic carbocycles. The maximum absolute atomic E-state index is 14.1. The maximum atomic E-state index is 14.1. The Labute approximate surface area is 311 Å². The van der Waals surface area contributed by atoms with Crippen molar-refractivity contribution in [2.24, 2.45) is 0 Å². The number of pyridine rings is 2. The van der Waals surface area contributed by atoms with E-state index in [0.29, 0.717) is 48.2 Å². The second kappa shape index (κ2) is 15.2. The smallest absolute Gasteiger partial charge is 0.415 e. The molecule has 2 aromatic heterocycles. The van der Waals surface area contributed by atoms with E-state index in [1.165, 1.54) is 19.3 Å². The van der Waals surface area contributed by atoms with Crippen molar-refractivity contribution in [2.75, 3.05) is 32.7 Å². The molecule has 2 amide bonds. The van der Waals surface area contributed by atoms with E-state index in [1.807, 2.05) is 13.0 Å². The van der Waals surface area contributed by atoms with Crippen LogP contribution in [0, 0.1) is 0 Å². The standard InChI is InChI=1S/C39H45N5O10/c1-3-25-26-18-24(53-38(51)43-16-12-23(13-17-43)42-14-6-5-7-15-42)8-9-30(26)41-35-27(25)21-44-31(35)19-29-28(36(44)49)22-52-37(50)39(29,4-2)54-34(48)11-10-32(45)40-20-33(46)47/h8-9,18-19,23H,3-7,10-17,20-22H2,1-2H3,(H,40,45)(H,46,47)/t39-/m0/s1. The minimum atomic E-state index is -1.94. The summed E-state index contributed by atoms with van der Waals surface area (Å²) < 4.78 is 18.6. The predicted octanol–water partition coefficient (Wildman–Crippen LogP) is 3.62. The number of nitrogens with zero attached hydrogens (tertiary/aromatic N) is 4. The highest BCUT2D eigenvalue weighted by Crippen LogP contribution is 2.42. The van der Waals surface area contributed by atoms with Crippen molar-refractivity contribution in [2.45, 2.75) is 96.4 Å². The Balaban J connectivity index is 1.13. The van der Waals surface area contributed by atoms with E-state index in [0.717, 1.165) is 42.4 Å². The summed E-state index contributed by atoms with van der Waals surface area (Å²) in [6, 6.07) is 7.51. The number of carbonyl (C=O) groups excluding carboxylic acids is 4. The van der Waals surface area contributed by atoms with Gasteiger partial charge in [0.05, 0.1) is 35.4 Å². The highest BCUT2D eigenvalue weighted by molar-refractivity contribution is 5.91. The van der Waals surface area contributed by atoms with Crippen LogP contribution in [0.15, 0.2) is 29.1 Å². The topological polar surface area (TPSA) is 187 Å². The summed E-state index contributed by atoms with van der Waals surface area (Å²) in [6.45, 7) is 6.53. The average Bonchev–Trinajstić information content (AvgIpc) is 3.55. The number of aryl methyl sites for hydroxylation is 1. The lowest BCUT2D eigenvalue weighted by Gasteiger charge is -2.39. The van der Waals surface area contributed by atoms with E-state index in [4.69, 9.17) is 24.3 Å². The number of amides is 2. The van der Waals surface area contributed by atoms with Gasteiger partial charge in [0.2, 0.25) is 11.5 Å². The molecule has 4 aliphatic rings. The number of hydrogen-bond donors (Lipinski definition) is 2. The first-order valence-corrected chi connectivity index (χ1v) is 18.8. The first-order chi connectivity index (χ1) is 26.0. The highest BCUT2D eigenvalue weighted by atomic mass is 16.6. The molecular weight excluding hydrogens is 698 g/mol. The number of esters is 2. The Hall–Kier alpha value is -5.31. The van der Waals surface area contributed by atoms with Crippen molar-refractivity contribution in [3.63, 3.8) is 0 Å². The lowest BCUT2D eigenvalue weighted by atomic mass is 9.85. The Morgan fingerprint density at radius 1 is 1.00 bits per heavy atom. The molecule has 7 rings (SSSR count). The van der Waals surface area contributed by atoms with Gasteiger partial charge in [-0.3, -0.25) is 19.2 Å². The van der Waals surface area contributed by atoms with Crippen LogP contribution < -0.4 is 15.6 Å². The van der Waals surface area contributed by atoms with Crippen LogP contribution in [0.5, 0.6) is 5.75 Å². The third-order valence-electron chi connectivity index (χ3n) is 11.2. The molecule has 0 spiro atoms. The number of likely N-dealkylation sites (tertiary alicyclic amines) is 2. The number of aromatic nitrogens is 2. The van der Waals surface area contributed by atoms with Crippen molar-refractivity contribution in [1.82, 2.24) is 24.7 Å². The van der Waals surface area contributed by atoms with Crippen LogP contribution in [0.2, 0.25) is 0 Å². The molecule has 2 N–H and O–H groups in total. The van der Waals surface area contributed by atoms with E-state index < -0.39 is 47.9 Å². The lowest BCUT2D eigenvalue weighted by Crippen LogP contribution is -2.48. The van der Waals surface area contributed by atoms with Crippen LogP contribution >= 0.6 is 0 Å². The summed E-state index contributed by atoms with van der Waals surface area (Å²) in [5.41, 5.74) is 1.47. The van der Waals surface area contributed by atoms with Crippen LogP contribution in [-0.4, -0.2) is 93.1 Å². The number of piperidine rings is 2. The SMILES string of the molecule is CCc1c2c(nc3ccc(OC(=O)N4CCC(N5CCCCC5)CC4)cc13)-c1cc3c(c(=O)n1C2)COC(=O)[C@@]3(CC)OC(=O)CCC(=O)NCC(=O)O. The molecular formula is C39H45N5O10. The van der Waals surface area contributed by atoms with Gasteiger partial charge in [-0.05, 0) is 81.4 Å². The van der Waals surface area contributed by atoms with Gasteiger partial charge in [-0.15, -0.1) is 0 Å². The number of benzene rings is 1. The summed E-state index contributed by atoms with van der Waals surface area (Å²) in [6.07, 6.45) is 5.04. The molecule has 0 bridgehead atoms. The first-order valence-electron chi connectivity index (χ1n) is 18.8. The molecule has 0 unspecified atom stereocenters. The zero-order valence-corrected chi connectivity index (χ0v) is 30.6. The number of carbonyl (C=O) groups is 5. The van der Waals surface area contributed by atoms with Crippen molar-refractivity contribution < 1.29 is 43.3 Å². The largest absolute Gasteiger partial charge is 0.480 e. The van der Waals surface area contributed by atoms with E-state index in [9.17, 15) is 28.8 Å². The van der Waals surface area contributed by atoms with Crippen molar-refractivity contribution in [1.29, 1.82) is 0 Å². The molecule has 0 saturated carbocycles. The number of carboxylic acid groups (broad SMARTS) is 1. The van der Waals surface area contributed by atoms with Crippen molar-refractivity contribution in [3.8, 4) is 17.1 Å². The molecule has 2 fully saturated rings. The highest BCUT2D eigenvalue weighted by Gasteiger charge is 2.50. The van der Waals surface area contributed by atoms with Gasteiger partial charge in [-0.25, -0.2) is 14.6 Å². The zero-order valence-electron chi connectivity index (χ0n) is 30.6. The monoisotopic (exact) mass is 743 g/mol. The normalized spacial score (nSPS) is 19.7. The van der Waals surface area contributed by atoms with Gasteiger partial charge in [0.15, 0.2) is 0 Å². The number of aliphatic carboxylic acids is 1. The third kappa shape index (κ3) is 6.92. The molecule has 54 heavy (non-hydrogen) atoms. The summed E-state index contributed by atoms with van der Waals surface area (Å²) in [5, 5.41) is 11.8. The Bertz CT molecular complexity index is 2080. The molecule has 286 valence electrons. The van der Waals surface area contributed by atoms with Crippen LogP contribution in [0.1, 0.15) is 87.5 Å². The molecule has 4 aliphatic heterocycles. The Kier molecular flexibility index (Phi) is 10.4. The average molecular weight is 744 g/mol. The van der Waals surface area contributed by atoms with Gasteiger partial charge in [0, 0.05) is 42.1 Å². The van der Waals surface area contributed by atoms with Crippen molar-refractivity contribution >= 4 is 40.8 Å². The minimum absolute atomic E-state index is 0.0468.